The van der Waals surface area contributed by atoms with E-state index in [9.17, 15) is 0 Å². The average molecular weight is 61.0 g/mol. The van der Waals surface area contributed by atoms with Crippen LogP contribution in [0.3, 0.4) is 0 Å². The number of nitrogens with two attached hydrogens (primary N) is 1. The van der Waals surface area contributed by atoms with Gasteiger partial charge in [-0.25, -0.2) is 0 Å². The molecule has 0 fully saturated rings. The predicted molar refractivity (Wildman–Crippen MR) is 11.8 cm³/mol. The Labute approximate surface area is 23.7 Å². The molecule has 24 valence electrons. The van der Waals surface area contributed by atoms with Gasteiger partial charge in [0.2, 0.25) is 0 Å². The van der Waals surface area contributed by atoms with Crippen molar-refractivity contribution < 1.29 is 10.3 Å². The minimum atomic E-state index is 0. The highest BCUT2D eigenvalue weighted by Crippen LogP contribution is 0.809. The van der Waals surface area contributed by atoms with Crippen molar-refractivity contribution in [1.29, 1.82) is 0 Å². The van der Waals surface area contributed by atoms with Crippen LogP contribution in [0, 0.1) is 0 Å². The first-order chi connectivity index (χ1) is 1.41. The summed E-state index contributed by atoms with van der Waals surface area (Å²) in [4.78, 5) is 8.46. The van der Waals surface area contributed by atoms with Crippen LogP contribution in [0.1, 0.15) is 0 Å². The highest BCUT2D eigenvalue weighted by Gasteiger charge is 1.25. The van der Waals surface area contributed by atoms with Gasteiger partial charge in [0.25, 0.3) is 0 Å². The van der Waals surface area contributed by atoms with Crippen LogP contribution in [0.2, 0.25) is 0 Å². The van der Waals surface area contributed by atoms with E-state index in [1.807, 2.05) is 0 Å². The van der Waals surface area contributed by atoms with Crippen molar-refractivity contribution in [2.75, 3.05) is 0 Å². The Kier molecular flexibility index (Phi) is 66.5. The lowest BCUT2D eigenvalue weighted by Crippen LogP contribution is -1.82. The zero-order chi connectivity index (χ0) is 2.71. The number of amides is 1. The van der Waals surface area contributed by atoms with Gasteiger partial charge >= 0.3 is 6.41 Å². The fourth-order valence-corrected chi connectivity index (χ4v) is 0. The molecule has 0 bridgehead atoms. The molecule has 2 radical (unpaired) electrons. The van der Waals surface area contributed by atoms with Crippen molar-refractivity contribution in [3.63, 3.8) is 0 Å². The molecule has 0 atom stereocenters. The molecule has 0 saturated carbocycles. The normalized spacial score (nSPS) is 3.00. The van der Waals surface area contributed by atoms with Crippen molar-refractivity contribution in [1.82, 2.24) is 0 Å². The van der Waals surface area contributed by atoms with Gasteiger partial charge in [-0.15, -0.1) is 0 Å². The average Bonchev–Trinajstić information content (AvgIpc) is 0.918. The molecule has 0 rings (SSSR count). The molecular weight excluding hydrogens is 58.0 g/mol. The highest BCUT2D eigenvalue weighted by molar-refractivity contribution is 5.43. The number of hydrogen-bond acceptors (Lipinski definition) is 1. The third-order valence-corrected chi connectivity index (χ3v) is 0. The van der Waals surface area contributed by atoms with Crippen molar-refractivity contribution in [3.05, 3.63) is 0 Å². The summed E-state index contributed by atoms with van der Waals surface area (Å²) in [6.07, 6.45) is 1.00. The van der Waals surface area contributed by atoms with E-state index in [1.54, 1.807) is 0 Å². The monoisotopic (exact) mass is 61.0 g/mol. The zero-order valence-electron chi connectivity index (χ0n) is 1.93. The van der Waals surface area contributed by atoms with E-state index < -0.39 is 0 Å². The highest BCUT2D eigenvalue weighted by atomic mass is 16.1. The third kappa shape index (κ3) is 0.814. The SMILES string of the molecule is N[C]=O.[OH]. The molecule has 0 aliphatic heterocycles. The largest absolute Gasteiger partial charge is 0.361 e. The van der Waals surface area contributed by atoms with Gasteiger partial charge in [-0.1, -0.05) is 0 Å². The van der Waals surface area contributed by atoms with Crippen molar-refractivity contribution in [3.8, 4) is 0 Å². The predicted octanol–water partition coefficient (Wildman–Crippen LogP) is -1.16. The van der Waals surface area contributed by atoms with Gasteiger partial charge in [-0.05, 0) is 0 Å². The molecule has 0 aromatic rings. The molecule has 0 aliphatic rings. The van der Waals surface area contributed by atoms with Crippen LogP contribution in [0.4, 0.5) is 0 Å². The Bertz CT molecular complexity index is 13.5. The molecule has 0 aromatic heterocycles. The Morgan fingerprint density at radius 3 is 1.75 bits per heavy atom. The first-order valence-electron chi connectivity index (χ1n) is 0.493. The van der Waals surface area contributed by atoms with E-state index in [0.717, 1.165) is 6.41 Å². The standard InChI is InChI=1S/CH2NO.HO/c2-1-3;/h(H2,2,3);1H. The molecular formula is CH3NO2. The molecule has 4 heavy (non-hydrogen) atoms. The van der Waals surface area contributed by atoms with Gasteiger partial charge in [-0.3, -0.25) is 10.3 Å². The summed E-state index contributed by atoms with van der Waals surface area (Å²) in [5.41, 5.74) is 4.04. The molecule has 3 nitrogen and oxygen atoms in total. The second-order valence-corrected chi connectivity index (χ2v) is 0.118. The van der Waals surface area contributed by atoms with Gasteiger partial charge in [0.05, 0.1) is 0 Å². The van der Waals surface area contributed by atoms with E-state index in [-0.39, 0.29) is 5.48 Å². The van der Waals surface area contributed by atoms with E-state index >= 15 is 0 Å². The Morgan fingerprint density at radius 2 is 1.75 bits per heavy atom. The molecule has 1 amide bonds. The van der Waals surface area contributed by atoms with E-state index in [0.29, 0.717) is 0 Å². The molecule has 0 aromatic carbocycles. The van der Waals surface area contributed by atoms with E-state index in [2.05, 4.69) is 5.73 Å². The van der Waals surface area contributed by atoms with Crippen LogP contribution in [0.15, 0.2) is 0 Å². The maximum atomic E-state index is 8.46. The third-order valence-electron chi connectivity index (χ3n) is 0. The number of rotatable bonds is 0. The van der Waals surface area contributed by atoms with E-state index in [4.69, 9.17) is 4.79 Å². The Hall–Kier alpha value is -0.570. The van der Waals surface area contributed by atoms with Crippen LogP contribution < -0.4 is 5.73 Å². The van der Waals surface area contributed by atoms with Gasteiger partial charge in [0, 0.05) is 0 Å². The lowest BCUT2D eigenvalue weighted by atomic mass is 11.5. The smallest absolute Gasteiger partial charge is 0.306 e. The molecule has 0 saturated heterocycles. The van der Waals surface area contributed by atoms with E-state index in [1.165, 1.54) is 0 Å². The minimum Gasteiger partial charge on any atom is -0.361 e. The molecule has 3 N–H and O–H groups in total. The topological polar surface area (TPSA) is 73.1 Å². The molecule has 0 heterocycles. The van der Waals surface area contributed by atoms with Gasteiger partial charge < -0.3 is 5.73 Å². The quantitative estimate of drug-likeness (QED) is 0.340. The maximum absolute atomic E-state index is 8.46. The van der Waals surface area contributed by atoms with Gasteiger partial charge in [-0.2, -0.15) is 0 Å². The second-order valence-electron chi connectivity index (χ2n) is 0.118. The number of hydrogen-bond donors (Lipinski definition) is 2. The van der Waals surface area contributed by atoms with Gasteiger partial charge in [0.1, 0.15) is 0 Å². The van der Waals surface area contributed by atoms with Gasteiger partial charge in [0.15, 0.2) is 0 Å². The summed E-state index contributed by atoms with van der Waals surface area (Å²) >= 11 is 0. The van der Waals surface area contributed by atoms with Crippen LogP contribution in [0.5, 0.6) is 0 Å². The minimum absolute atomic E-state index is 0. The number of carbonyl (C=O) groups excluding carboxylic acids is 1. The lowest BCUT2D eigenvalue weighted by Gasteiger charge is -1.28. The summed E-state index contributed by atoms with van der Waals surface area (Å²) in [7, 11) is 0. The molecule has 0 spiro atoms. The zero-order valence-corrected chi connectivity index (χ0v) is 1.93. The Morgan fingerprint density at radius 1 is 1.75 bits per heavy atom. The summed E-state index contributed by atoms with van der Waals surface area (Å²) in [5, 5.41) is 0. The molecule has 3 heteroatoms. The molecule has 0 aliphatic carbocycles. The van der Waals surface area contributed by atoms with Crippen LogP contribution in [-0.2, 0) is 4.79 Å². The lowest BCUT2D eigenvalue weighted by molar-refractivity contribution is 0.557. The van der Waals surface area contributed by atoms with Crippen LogP contribution >= 0.6 is 0 Å². The van der Waals surface area contributed by atoms with Crippen molar-refractivity contribution >= 4 is 6.41 Å². The first kappa shape index (κ1) is 9.90. The summed E-state index contributed by atoms with van der Waals surface area (Å²) in [6.45, 7) is 0. The van der Waals surface area contributed by atoms with Crippen molar-refractivity contribution in [2.24, 2.45) is 5.73 Å². The number of primary amides is 1. The Balaban J connectivity index is 0. The second kappa shape index (κ2) is 26.9. The molecule has 0 unspecified atom stereocenters. The van der Waals surface area contributed by atoms with Crippen LogP contribution in [0.25, 0.3) is 0 Å². The fraction of sp³-hybridized carbons (Fsp3) is 0. The summed E-state index contributed by atoms with van der Waals surface area (Å²) in [5.74, 6) is 0. The van der Waals surface area contributed by atoms with Crippen molar-refractivity contribution in [2.45, 2.75) is 0 Å². The first-order valence-corrected chi connectivity index (χ1v) is 0.493. The summed E-state index contributed by atoms with van der Waals surface area (Å²) < 4.78 is 0. The maximum Gasteiger partial charge on any atom is 0.306 e. The fourth-order valence-electron chi connectivity index (χ4n) is 0. The summed E-state index contributed by atoms with van der Waals surface area (Å²) in [6, 6.07) is 0. The van der Waals surface area contributed by atoms with Crippen LogP contribution in [-0.4, -0.2) is 11.9 Å².